The number of amidine groups is 2. The van der Waals surface area contributed by atoms with E-state index in [1.807, 2.05) is 29.5 Å². The van der Waals surface area contributed by atoms with Crippen molar-refractivity contribution < 1.29 is 8.83 Å². The summed E-state index contributed by atoms with van der Waals surface area (Å²) in [4.78, 5) is 10.5. The molecule has 5 nitrogen and oxygen atoms in total. The molecule has 0 amide bonds. The number of para-hydroxylation sites is 2. The van der Waals surface area contributed by atoms with E-state index in [0.29, 0.717) is 5.84 Å². The largest absolute Gasteiger partial charge is 0.456 e. The molecule has 6 aromatic carbocycles. The maximum atomic E-state index is 6.81. The number of furan rings is 2. The van der Waals surface area contributed by atoms with Crippen molar-refractivity contribution in [2.24, 2.45) is 9.98 Å². The molecule has 3 aromatic heterocycles. The Labute approximate surface area is 296 Å². The molecule has 1 aliphatic carbocycles. The van der Waals surface area contributed by atoms with E-state index in [-0.39, 0.29) is 6.17 Å². The number of hydrogen-bond acceptors (Lipinski definition) is 6. The van der Waals surface area contributed by atoms with Gasteiger partial charge >= 0.3 is 0 Å². The van der Waals surface area contributed by atoms with Gasteiger partial charge in [0.25, 0.3) is 0 Å². The van der Waals surface area contributed by atoms with Crippen LogP contribution in [-0.2, 0) is 6.42 Å². The van der Waals surface area contributed by atoms with Gasteiger partial charge in [-0.25, -0.2) is 9.98 Å². The maximum Gasteiger partial charge on any atom is 0.162 e. The third kappa shape index (κ3) is 4.40. The summed E-state index contributed by atoms with van der Waals surface area (Å²) in [5.74, 6) is 2.28. The number of rotatable bonds is 4. The molecule has 0 bridgehead atoms. The smallest absolute Gasteiger partial charge is 0.162 e. The first-order valence-corrected chi connectivity index (χ1v) is 18.1. The van der Waals surface area contributed by atoms with Crippen LogP contribution in [-0.4, -0.2) is 11.7 Å². The summed E-state index contributed by atoms with van der Waals surface area (Å²) in [6.45, 7) is 0. The number of allylic oxidation sites excluding steroid dienone is 1. The van der Waals surface area contributed by atoms with Crippen molar-refractivity contribution in [3.8, 4) is 11.1 Å². The molecule has 242 valence electrons. The molecule has 1 aliphatic heterocycles. The number of aryl methyl sites for hydroxylation is 1. The van der Waals surface area contributed by atoms with Gasteiger partial charge in [0.15, 0.2) is 5.84 Å². The molecule has 1 N–H and O–H groups in total. The summed E-state index contributed by atoms with van der Waals surface area (Å²) >= 11 is 1.83. The Morgan fingerprint density at radius 3 is 2.27 bits per heavy atom. The zero-order valence-corrected chi connectivity index (χ0v) is 28.2. The second kappa shape index (κ2) is 11.1. The fourth-order valence-electron chi connectivity index (χ4n) is 7.98. The van der Waals surface area contributed by atoms with Crippen LogP contribution in [0.3, 0.4) is 0 Å². The maximum absolute atomic E-state index is 6.81. The lowest BCUT2D eigenvalue weighted by Gasteiger charge is -2.25. The van der Waals surface area contributed by atoms with E-state index in [1.165, 1.54) is 31.3 Å². The minimum Gasteiger partial charge on any atom is -0.456 e. The van der Waals surface area contributed by atoms with Crippen molar-refractivity contribution in [1.29, 1.82) is 0 Å². The van der Waals surface area contributed by atoms with Gasteiger partial charge in [0.2, 0.25) is 0 Å². The van der Waals surface area contributed by atoms with E-state index >= 15 is 0 Å². The Kier molecular flexibility index (Phi) is 6.24. The number of benzene rings is 6. The highest BCUT2D eigenvalue weighted by atomic mass is 32.1. The van der Waals surface area contributed by atoms with Crippen molar-refractivity contribution >= 4 is 81.7 Å². The van der Waals surface area contributed by atoms with Crippen molar-refractivity contribution in [2.75, 3.05) is 0 Å². The van der Waals surface area contributed by atoms with Gasteiger partial charge < -0.3 is 14.2 Å². The zero-order chi connectivity index (χ0) is 33.5. The molecule has 4 heterocycles. The van der Waals surface area contributed by atoms with Crippen LogP contribution in [0.4, 0.5) is 0 Å². The highest BCUT2D eigenvalue weighted by molar-refractivity contribution is 7.25. The minimum atomic E-state index is -0.335. The molecule has 2 aliphatic rings. The van der Waals surface area contributed by atoms with Crippen molar-refractivity contribution in [1.82, 2.24) is 5.32 Å². The molecule has 0 fully saturated rings. The molecule has 9 aromatic rings. The summed E-state index contributed by atoms with van der Waals surface area (Å²) in [7, 11) is 0. The van der Waals surface area contributed by atoms with Gasteiger partial charge in [-0.2, -0.15) is 0 Å². The monoisotopic (exact) mass is 675 g/mol. The van der Waals surface area contributed by atoms with Crippen LogP contribution in [0, 0.1) is 0 Å². The predicted molar refractivity (Wildman–Crippen MR) is 211 cm³/mol. The fourth-order valence-corrected chi connectivity index (χ4v) is 9.11. The SMILES string of the molecule is C1=C(C2=NC(c3ccccc3)NC(c3cccc4oc5c(-c6cccc7sc8ccccc8c67)cccc5c34)=N2)c2oc3ccccc3c2CC1. The second-order valence-electron chi connectivity index (χ2n) is 13.2. The van der Waals surface area contributed by atoms with Crippen molar-refractivity contribution in [3.05, 3.63) is 162 Å². The van der Waals surface area contributed by atoms with Crippen molar-refractivity contribution in [3.63, 3.8) is 0 Å². The first-order valence-electron chi connectivity index (χ1n) is 17.3. The van der Waals surface area contributed by atoms with E-state index in [2.05, 4.69) is 127 Å². The average molecular weight is 676 g/mol. The van der Waals surface area contributed by atoms with E-state index < -0.39 is 0 Å². The van der Waals surface area contributed by atoms with Crippen LogP contribution in [0.5, 0.6) is 0 Å². The van der Waals surface area contributed by atoms with Gasteiger partial charge in [0.1, 0.15) is 34.5 Å². The number of hydrogen-bond donors (Lipinski definition) is 1. The van der Waals surface area contributed by atoms with Gasteiger partial charge in [-0.15, -0.1) is 11.3 Å². The summed E-state index contributed by atoms with van der Waals surface area (Å²) in [5.41, 5.74) is 9.03. The normalized spacial score (nSPS) is 16.0. The van der Waals surface area contributed by atoms with Gasteiger partial charge in [0.05, 0.1) is 5.57 Å². The molecule has 1 atom stereocenters. The first kappa shape index (κ1) is 28.6. The molecule has 0 radical (unpaired) electrons. The molecule has 0 spiro atoms. The number of nitrogens with one attached hydrogen (secondary N) is 1. The number of fused-ring (bicyclic) bond motifs is 9. The van der Waals surface area contributed by atoms with E-state index in [1.54, 1.807) is 0 Å². The minimum absolute atomic E-state index is 0.335. The quantitative estimate of drug-likeness (QED) is 0.202. The zero-order valence-electron chi connectivity index (χ0n) is 27.4. The van der Waals surface area contributed by atoms with Gasteiger partial charge in [-0.1, -0.05) is 115 Å². The summed E-state index contributed by atoms with van der Waals surface area (Å²) < 4.78 is 15.9. The molecule has 51 heavy (non-hydrogen) atoms. The highest BCUT2D eigenvalue weighted by Gasteiger charge is 2.29. The molecular formula is C45H29N3O2S. The molecule has 0 saturated carbocycles. The topological polar surface area (TPSA) is 63.0 Å². The Hall–Kier alpha value is -6.24. The van der Waals surface area contributed by atoms with Gasteiger partial charge in [-0.3, -0.25) is 0 Å². The third-order valence-electron chi connectivity index (χ3n) is 10.3. The predicted octanol–water partition coefficient (Wildman–Crippen LogP) is 11.8. The highest BCUT2D eigenvalue weighted by Crippen LogP contribution is 2.44. The van der Waals surface area contributed by atoms with Gasteiger partial charge in [0, 0.05) is 53.0 Å². The Morgan fingerprint density at radius 2 is 1.33 bits per heavy atom. The lowest BCUT2D eigenvalue weighted by molar-refractivity contribution is 0.592. The summed E-state index contributed by atoms with van der Waals surface area (Å²) in [5, 5.41) is 9.48. The summed E-state index contributed by atoms with van der Waals surface area (Å²) in [6, 6.07) is 46.6. The van der Waals surface area contributed by atoms with Crippen LogP contribution in [0.1, 0.15) is 35.0 Å². The third-order valence-corrected chi connectivity index (χ3v) is 11.4. The lowest BCUT2D eigenvalue weighted by Crippen LogP contribution is -2.33. The van der Waals surface area contributed by atoms with Crippen molar-refractivity contribution in [2.45, 2.75) is 19.0 Å². The second-order valence-corrected chi connectivity index (χ2v) is 14.3. The van der Waals surface area contributed by atoms with Gasteiger partial charge in [-0.05, 0) is 48.2 Å². The Bertz CT molecular complexity index is 2960. The molecule has 0 saturated heterocycles. The molecule has 6 heteroatoms. The van der Waals surface area contributed by atoms with Crippen LogP contribution in [0.2, 0.25) is 0 Å². The average Bonchev–Trinajstić information content (AvgIpc) is 3.89. The number of nitrogens with zero attached hydrogens (tertiary/aromatic N) is 2. The Balaban J connectivity index is 1.11. The van der Waals surface area contributed by atoms with Crippen LogP contribution in [0.25, 0.3) is 69.8 Å². The van der Waals surface area contributed by atoms with Crippen LogP contribution in [0.15, 0.2) is 158 Å². The molecule has 11 rings (SSSR count). The summed E-state index contributed by atoms with van der Waals surface area (Å²) in [6.07, 6.45) is 3.72. The van der Waals surface area contributed by atoms with E-state index in [0.717, 1.165) is 79.6 Å². The first-order chi connectivity index (χ1) is 25.3. The fraction of sp³-hybridized carbons (Fsp3) is 0.0667. The standard InChI is InChI=1S/C45H29N3O2S/c1-2-12-26(13-3-1)43-46-44(48-45(47-43)34-21-9-17-29-27-14-4-6-22-35(27)49-42(29)34)33-20-10-23-36-39(33)32-19-8-18-30(41(32)50-36)28-16-11-25-38-40(28)31-15-5-7-24-37(31)51-38/h1-8,10-16,18-25,43H,9,17H2,(H,46,47,48). The Morgan fingerprint density at radius 1 is 0.608 bits per heavy atom. The molecular weight excluding hydrogens is 647 g/mol. The van der Waals surface area contributed by atoms with E-state index in [9.17, 15) is 0 Å². The number of thiophene rings is 1. The lowest BCUT2D eigenvalue weighted by atomic mass is 9.94. The van der Waals surface area contributed by atoms with Crippen LogP contribution < -0.4 is 5.32 Å². The van der Waals surface area contributed by atoms with Crippen LogP contribution >= 0.6 is 11.3 Å². The van der Waals surface area contributed by atoms with E-state index in [4.69, 9.17) is 18.8 Å². The number of aliphatic imine (C=N–C) groups is 2. The molecule has 1 unspecified atom stereocenters.